The zero-order chi connectivity index (χ0) is 19.2. The van der Waals surface area contributed by atoms with Crippen molar-refractivity contribution in [2.45, 2.75) is 38.8 Å². The van der Waals surface area contributed by atoms with Crippen molar-refractivity contribution in [1.29, 1.82) is 0 Å². The summed E-state index contributed by atoms with van der Waals surface area (Å²) in [7, 11) is 0. The summed E-state index contributed by atoms with van der Waals surface area (Å²) in [5, 5.41) is 11.9. The van der Waals surface area contributed by atoms with Gasteiger partial charge in [0.25, 0.3) is 0 Å². The fraction of sp³-hybridized carbons (Fsp3) is 0.450. The smallest absolute Gasteiger partial charge is 0.243 e. The summed E-state index contributed by atoms with van der Waals surface area (Å²) in [4.78, 5) is 13.2. The molecular weight excluding hydrogens is 358 g/mol. The highest BCUT2D eigenvalue weighted by molar-refractivity contribution is 7.98. The molecule has 1 amide bonds. The van der Waals surface area contributed by atoms with Gasteiger partial charge in [0.1, 0.15) is 6.04 Å². The van der Waals surface area contributed by atoms with Crippen molar-refractivity contribution < 1.29 is 4.79 Å². The molecule has 27 heavy (non-hydrogen) atoms. The average Bonchev–Trinajstić information content (AvgIpc) is 3.31. The molecule has 0 radical (unpaired) electrons. The number of carbonyl (C=O) groups excluding carboxylic acids is 1. The molecule has 0 saturated heterocycles. The molecule has 0 aliphatic carbocycles. The molecule has 0 unspecified atom stereocenters. The van der Waals surface area contributed by atoms with Gasteiger partial charge in [0.2, 0.25) is 5.91 Å². The fourth-order valence-electron chi connectivity index (χ4n) is 3.27. The standard InChI is InChI=1S/C20H27N5OS/c1-15(2)14-16(19-23-22-18-8-4-5-12-25(18)19)21-20(26)17(9-13-27-3)24-10-6-7-11-24/h4-8,10-12,15-17H,9,13-14H2,1-3H3,(H,21,26)/t16-,17+/m1/s1. The van der Waals surface area contributed by atoms with Crippen LogP contribution in [0, 0.1) is 5.92 Å². The summed E-state index contributed by atoms with van der Waals surface area (Å²) < 4.78 is 3.94. The molecule has 7 heteroatoms. The van der Waals surface area contributed by atoms with Gasteiger partial charge < -0.3 is 9.88 Å². The molecule has 3 aromatic rings. The lowest BCUT2D eigenvalue weighted by Crippen LogP contribution is -2.36. The number of nitrogens with zero attached hydrogens (tertiary/aromatic N) is 4. The van der Waals surface area contributed by atoms with Crippen LogP contribution >= 0.6 is 11.8 Å². The van der Waals surface area contributed by atoms with E-state index >= 15 is 0 Å². The number of carbonyl (C=O) groups is 1. The van der Waals surface area contributed by atoms with E-state index in [0.717, 1.165) is 30.1 Å². The summed E-state index contributed by atoms with van der Waals surface area (Å²) >= 11 is 1.75. The number of amides is 1. The quantitative estimate of drug-likeness (QED) is 0.610. The average molecular weight is 386 g/mol. The third kappa shape index (κ3) is 4.71. The molecule has 3 rings (SSSR count). The largest absolute Gasteiger partial charge is 0.344 e. The normalized spacial score (nSPS) is 13.8. The van der Waals surface area contributed by atoms with Crippen molar-refractivity contribution in [2.75, 3.05) is 12.0 Å². The first kappa shape index (κ1) is 19.5. The van der Waals surface area contributed by atoms with E-state index in [1.165, 1.54) is 0 Å². The van der Waals surface area contributed by atoms with Gasteiger partial charge in [-0.15, -0.1) is 10.2 Å². The highest BCUT2D eigenvalue weighted by Gasteiger charge is 2.26. The first-order chi connectivity index (χ1) is 13.1. The molecule has 3 heterocycles. The van der Waals surface area contributed by atoms with Gasteiger partial charge in [-0.25, -0.2) is 0 Å². The van der Waals surface area contributed by atoms with E-state index in [1.807, 2.05) is 57.9 Å². The Balaban J connectivity index is 1.85. The molecule has 0 saturated carbocycles. The van der Waals surface area contributed by atoms with E-state index in [1.54, 1.807) is 11.8 Å². The lowest BCUT2D eigenvalue weighted by Gasteiger charge is -2.24. The molecule has 0 aliphatic heterocycles. The van der Waals surface area contributed by atoms with Crippen LogP contribution in [0.25, 0.3) is 5.65 Å². The SMILES string of the molecule is CSCC[C@@H](C(=O)N[C@H](CC(C)C)c1nnc2ccccn12)n1cccc1. The van der Waals surface area contributed by atoms with E-state index < -0.39 is 0 Å². The van der Waals surface area contributed by atoms with Crippen molar-refractivity contribution in [2.24, 2.45) is 5.92 Å². The van der Waals surface area contributed by atoms with E-state index in [4.69, 9.17) is 0 Å². The van der Waals surface area contributed by atoms with Crippen molar-refractivity contribution in [3.05, 3.63) is 54.7 Å². The second-order valence-corrected chi connectivity index (χ2v) is 8.09. The molecule has 0 aromatic carbocycles. The van der Waals surface area contributed by atoms with Gasteiger partial charge in [-0.05, 0) is 55.0 Å². The highest BCUT2D eigenvalue weighted by Crippen LogP contribution is 2.23. The molecule has 1 N–H and O–H groups in total. The Morgan fingerprint density at radius 2 is 1.89 bits per heavy atom. The number of thioether (sulfide) groups is 1. The zero-order valence-electron chi connectivity index (χ0n) is 16.1. The topological polar surface area (TPSA) is 64.2 Å². The Kier molecular flexibility index (Phi) is 6.55. The molecule has 2 atom stereocenters. The fourth-order valence-corrected chi connectivity index (χ4v) is 3.73. The number of rotatable bonds is 9. The van der Waals surface area contributed by atoms with Gasteiger partial charge in [-0.1, -0.05) is 19.9 Å². The summed E-state index contributed by atoms with van der Waals surface area (Å²) in [5.41, 5.74) is 0.792. The Bertz CT molecular complexity index is 858. The Morgan fingerprint density at radius 1 is 1.15 bits per heavy atom. The van der Waals surface area contributed by atoms with E-state index in [-0.39, 0.29) is 18.0 Å². The van der Waals surface area contributed by atoms with Gasteiger partial charge in [0.15, 0.2) is 11.5 Å². The van der Waals surface area contributed by atoms with Crippen LogP contribution in [0.5, 0.6) is 0 Å². The van der Waals surface area contributed by atoms with E-state index in [2.05, 4.69) is 35.6 Å². The maximum Gasteiger partial charge on any atom is 0.243 e. The van der Waals surface area contributed by atoms with Crippen molar-refractivity contribution in [3.63, 3.8) is 0 Å². The molecule has 0 bridgehead atoms. The van der Waals surface area contributed by atoms with Crippen LogP contribution in [-0.4, -0.2) is 37.1 Å². The minimum atomic E-state index is -0.221. The molecular formula is C20H27N5OS. The third-order valence-electron chi connectivity index (χ3n) is 4.56. The summed E-state index contributed by atoms with van der Waals surface area (Å²) in [6, 6.07) is 9.33. The second kappa shape index (κ2) is 9.08. The molecule has 6 nitrogen and oxygen atoms in total. The highest BCUT2D eigenvalue weighted by atomic mass is 32.2. The summed E-state index contributed by atoms with van der Waals surface area (Å²) in [5.74, 6) is 2.16. The molecule has 0 spiro atoms. The van der Waals surface area contributed by atoms with E-state index in [0.29, 0.717) is 5.92 Å². The maximum absolute atomic E-state index is 13.2. The first-order valence-corrected chi connectivity index (χ1v) is 10.7. The minimum absolute atomic E-state index is 0.0265. The van der Waals surface area contributed by atoms with Gasteiger partial charge in [-0.3, -0.25) is 9.20 Å². The first-order valence-electron chi connectivity index (χ1n) is 9.31. The van der Waals surface area contributed by atoms with Gasteiger partial charge in [0.05, 0.1) is 6.04 Å². The zero-order valence-corrected chi connectivity index (χ0v) is 16.9. The lowest BCUT2D eigenvalue weighted by atomic mass is 10.0. The summed E-state index contributed by atoms with van der Waals surface area (Å²) in [6.07, 6.45) is 9.51. The van der Waals surface area contributed by atoms with Crippen molar-refractivity contribution in [1.82, 2.24) is 24.5 Å². The van der Waals surface area contributed by atoms with Crippen LogP contribution in [-0.2, 0) is 4.79 Å². The van der Waals surface area contributed by atoms with Crippen LogP contribution in [0.2, 0.25) is 0 Å². The lowest BCUT2D eigenvalue weighted by molar-refractivity contribution is -0.125. The molecule has 144 valence electrons. The Labute approximate surface area is 164 Å². The number of nitrogens with one attached hydrogen (secondary N) is 1. The van der Waals surface area contributed by atoms with Gasteiger partial charge in [0, 0.05) is 18.6 Å². The predicted molar refractivity (Wildman–Crippen MR) is 110 cm³/mol. The van der Waals surface area contributed by atoms with Gasteiger partial charge in [-0.2, -0.15) is 11.8 Å². The number of hydrogen-bond donors (Lipinski definition) is 1. The summed E-state index contributed by atoms with van der Waals surface area (Å²) in [6.45, 7) is 4.30. The van der Waals surface area contributed by atoms with Crippen LogP contribution in [0.4, 0.5) is 0 Å². The number of fused-ring (bicyclic) bond motifs is 1. The van der Waals surface area contributed by atoms with Gasteiger partial charge >= 0.3 is 0 Å². The third-order valence-corrected chi connectivity index (χ3v) is 5.20. The van der Waals surface area contributed by atoms with Crippen LogP contribution in [0.3, 0.4) is 0 Å². The number of aromatic nitrogens is 4. The second-order valence-electron chi connectivity index (χ2n) is 7.11. The molecule has 0 aliphatic rings. The van der Waals surface area contributed by atoms with Crippen LogP contribution in [0.1, 0.15) is 44.6 Å². The number of pyridine rings is 1. The van der Waals surface area contributed by atoms with E-state index in [9.17, 15) is 4.79 Å². The molecule has 0 fully saturated rings. The van der Waals surface area contributed by atoms with Crippen LogP contribution < -0.4 is 5.32 Å². The Morgan fingerprint density at radius 3 is 2.59 bits per heavy atom. The number of hydrogen-bond acceptors (Lipinski definition) is 4. The maximum atomic E-state index is 13.2. The predicted octanol–water partition coefficient (Wildman–Crippen LogP) is 3.73. The van der Waals surface area contributed by atoms with Crippen molar-refractivity contribution in [3.8, 4) is 0 Å². The van der Waals surface area contributed by atoms with Crippen LogP contribution in [0.15, 0.2) is 48.9 Å². The monoisotopic (exact) mass is 385 g/mol. The molecule has 3 aromatic heterocycles. The minimum Gasteiger partial charge on any atom is -0.344 e. The Hall–Kier alpha value is -2.28. The van der Waals surface area contributed by atoms with Crippen molar-refractivity contribution >= 4 is 23.3 Å².